The molecule has 0 saturated carbocycles. The van der Waals surface area contributed by atoms with Gasteiger partial charge in [-0.05, 0) is 61.6 Å². The van der Waals surface area contributed by atoms with Crippen LogP contribution in [0.5, 0.6) is 5.75 Å². The minimum atomic E-state index is -0.328. The van der Waals surface area contributed by atoms with Crippen molar-refractivity contribution in [3.63, 3.8) is 0 Å². The molecule has 1 aromatic heterocycles. The molecule has 3 aromatic rings. The molecule has 2 atom stereocenters. The summed E-state index contributed by atoms with van der Waals surface area (Å²) in [6.45, 7) is 4.67. The fourth-order valence-corrected chi connectivity index (χ4v) is 5.11. The third kappa shape index (κ3) is 3.78. The molecule has 1 fully saturated rings. The number of carbonyl (C=O) groups excluding carboxylic acids is 1. The maximum Gasteiger partial charge on any atom is 0.254 e. The lowest BCUT2D eigenvalue weighted by Gasteiger charge is -2.34. The van der Waals surface area contributed by atoms with Crippen LogP contribution in [-0.4, -0.2) is 34.2 Å². The van der Waals surface area contributed by atoms with E-state index in [-0.39, 0.29) is 18.0 Å². The van der Waals surface area contributed by atoms with Crippen molar-refractivity contribution in [2.75, 3.05) is 19.0 Å². The first-order valence-corrected chi connectivity index (χ1v) is 11.6. The van der Waals surface area contributed by atoms with E-state index < -0.39 is 0 Å². The molecule has 6 nitrogen and oxygen atoms in total. The molecule has 0 bridgehead atoms. The van der Waals surface area contributed by atoms with Crippen LogP contribution in [0.3, 0.4) is 0 Å². The number of rotatable bonds is 4. The number of likely N-dealkylation sites (tertiary alicyclic amines) is 1. The first kappa shape index (κ1) is 21.6. The molecule has 0 aliphatic carbocycles. The molecular formula is C26H27ClN4O2. The monoisotopic (exact) mass is 462 g/mol. The number of ether oxygens (including phenoxy) is 1. The van der Waals surface area contributed by atoms with Gasteiger partial charge < -0.3 is 15.0 Å². The van der Waals surface area contributed by atoms with Gasteiger partial charge in [0.05, 0.1) is 24.9 Å². The van der Waals surface area contributed by atoms with Gasteiger partial charge in [0.15, 0.2) is 0 Å². The van der Waals surface area contributed by atoms with Gasteiger partial charge in [0.25, 0.3) is 5.91 Å². The molecule has 5 rings (SSSR count). The first-order valence-electron chi connectivity index (χ1n) is 11.2. The average molecular weight is 463 g/mol. The van der Waals surface area contributed by atoms with Crippen LogP contribution in [-0.2, 0) is 4.79 Å². The summed E-state index contributed by atoms with van der Waals surface area (Å²) >= 11 is 6.31. The van der Waals surface area contributed by atoms with E-state index in [1.807, 2.05) is 65.9 Å². The van der Waals surface area contributed by atoms with Gasteiger partial charge in [-0.1, -0.05) is 35.9 Å². The zero-order chi connectivity index (χ0) is 23.1. The van der Waals surface area contributed by atoms with E-state index in [0.29, 0.717) is 10.6 Å². The number of halogens is 1. The minimum Gasteiger partial charge on any atom is -0.497 e. The average Bonchev–Trinajstić information content (AvgIpc) is 3.49. The maximum atomic E-state index is 14.1. The van der Waals surface area contributed by atoms with Crippen LogP contribution in [0.2, 0.25) is 5.02 Å². The lowest BCUT2D eigenvalue weighted by molar-refractivity contribution is -0.128. The van der Waals surface area contributed by atoms with E-state index in [9.17, 15) is 4.79 Å². The lowest BCUT2D eigenvalue weighted by Crippen LogP contribution is -2.38. The molecule has 0 radical (unpaired) electrons. The van der Waals surface area contributed by atoms with Crippen LogP contribution in [0.4, 0.5) is 5.82 Å². The Labute approximate surface area is 198 Å². The smallest absolute Gasteiger partial charge is 0.254 e. The van der Waals surface area contributed by atoms with Gasteiger partial charge in [-0.25, -0.2) is 4.68 Å². The highest BCUT2D eigenvalue weighted by molar-refractivity contribution is 6.31. The molecule has 1 N–H and O–H groups in total. The molecule has 2 aliphatic rings. The number of fused-ring (bicyclic) bond motifs is 1. The van der Waals surface area contributed by atoms with Crippen LogP contribution < -0.4 is 10.1 Å². The number of benzene rings is 2. The highest BCUT2D eigenvalue weighted by Crippen LogP contribution is 2.41. The number of methoxy groups -OCH3 is 1. The number of hydrogen-bond donors (Lipinski definition) is 1. The summed E-state index contributed by atoms with van der Waals surface area (Å²) < 4.78 is 7.31. The highest BCUT2D eigenvalue weighted by Gasteiger charge is 2.39. The second kappa shape index (κ2) is 8.60. The first-order chi connectivity index (χ1) is 16.0. The van der Waals surface area contributed by atoms with Crippen molar-refractivity contribution < 1.29 is 9.53 Å². The zero-order valence-electron chi connectivity index (χ0n) is 19.0. The second-order valence-electron chi connectivity index (χ2n) is 8.67. The van der Waals surface area contributed by atoms with Gasteiger partial charge in [-0.2, -0.15) is 5.10 Å². The van der Waals surface area contributed by atoms with Gasteiger partial charge in [-0.15, -0.1) is 0 Å². The summed E-state index contributed by atoms with van der Waals surface area (Å²) in [6, 6.07) is 15.6. The summed E-state index contributed by atoms with van der Waals surface area (Å²) in [4.78, 5) is 16.1. The topological polar surface area (TPSA) is 59.4 Å². The number of anilines is 1. The van der Waals surface area contributed by atoms with Crippen LogP contribution in [0.1, 0.15) is 48.5 Å². The molecule has 0 spiro atoms. The molecular weight excluding hydrogens is 436 g/mol. The number of aromatic nitrogens is 2. The number of hydrogen-bond acceptors (Lipinski definition) is 4. The number of aryl methyl sites for hydroxylation is 1. The number of nitrogens with one attached hydrogen (secondary N) is 1. The van der Waals surface area contributed by atoms with E-state index in [2.05, 4.69) is 16.5 Å². The van der Waals surface area contributed by atoms with E-state index in [1.54, 1.807) is 13.3 Å². The number of allylic oxidation sites excluding steroid dienone is 1. The van der Waals surface area contributed by atoms with Gasteiger partial charge in [-0.3, -0.25) is 4.79 Å². The van der Waals surface area contributed by atoms with Gasteiger partial charge in [0, 0.05) is 23.3 Å². The van der Waals surface area contributed by atoms with Crippen molar-refractivity contribution in [2.24, 2.45) is 0 Å². The molecule has 2 aliphatic heterocycles. The van der Waals surface area contributed by atoms with E-state index >= 15 is 0 Å². The standard InChI is InChI=1S/C26H27ClN4O2/c1-16-14-19(9-10-21(16)27)25-24(17(2)29-23-11-12-28-31(23)25)26(32)30-13-5-8-22(30)18-6-4-7-20(15-18)33-3/h4,6-7,9-12,14-15,22,25,29H,5,8,13H2,1-3H3. The Bertz CT molecular complexity index is 1250. The normalized spacial score (nSPS) is 19.9. The summed E-state index contributed by atoms with van der Waals surface area (Å²) in [7, 11) is 1.67. The van der Waals surface area contributed by atoms with Crippen molar-refractivity contribution in [2.45, 2.75) is 38.8 Å². The quantitative estimate of drug-likeness (QED) is 0.555. The van der Waals surface area contributed by atoms with Crippen LogP contribution in [0, 0.1) is 6.92 Å². The van der Waals surface area contributed by atoms with Crippen molar-refractivity contribution in [1.29, 1.82) is 0 Å². The predicted molar refractivity (Wildman–Crippen MR) is 130 cm³/mol. The molecule has 33 heavy (non-hydrogen) atoms. The Morgan fingerprint density at radius 1 is 1.15 bits per heavy atom. The Morgan fingerprint density at radius 3 is 2.79 bits per heavy atom. The Kier molecular flexibility index (Phi) is 5.62. The van der Waals surface area contributed by atoms with Gasteiger partial charge in [0.1, 0.15) is 17.6 Å². The molecule has 1 saturated heterocycles. The summed E-state index contributed by atoms with van der Waals surface area (Å²) in [6.07, 6.45) is 3.65. The summed E-state index contributed by atoms with van der Waals surface area (Å²) in [5, 5.41) is 8.65. The molecule has 2 unspecified atom stereocenters. The van der Waals surface area contributed by atoms with Crippen molar-refractivity contribution >= 4 is 23.3 Å². The lowest BCUT2D eigenvalue weighted by atomic mass is 9.93. The Balaban J connectivity index is 1.56. The summed E-state index contributed by atoms with van der Waals surface area (Å²) in [5.74, 6) is 1.70. The van der Waals surface area contributed by atoms with E-state index in [1.165, 1.54) is 0 Å². The highest BCUT2D eigenvalue weighted by atomic mass is 35.5. The van der Waals surface area contributed by atoms with E-state index in [4.69, 9.17) is 16.3 Å². The fourth-order valence-electron chi connectivity index (χ4n) is 4.99. The maximum absolute atomic E-state index is 14.1. The number of nitrogens with zero attached hydrogens (tertiary/aromatic N) is 3. The molecule has 3 heterocycles. The number of amides is 1. The Morgan fingerprint density at radius 2 is 2.00 bits per heavy atom. The van der Waals surface area contributed by atoms with Crippen molar-refractivity contribution in [3.8, 4) is 5.75 Å². The van der Waals surface area contributed by atoms with Crippen molar-refractivity contribution in [3.05, 3.63) is 87.7 Å². The van der Waals surface area contributed by atoms with Crippen molar-refractivity contribution in [1.82, 2.24) is 14.7 Å². The zero-order valence-corrected chi connectivity index (χ0v) is 19.8. The van der Waals surface area contributed by atoms with Crippen LogP contribution >= 0.6 is 11.6 Å². The number of carbonyl (C=O) groups is 1. The van der Waals surface area contributed by atoms with Gasteiger partial charge in [0.2, 0.25) is 0 Å². The minimum absolute atomic E-state index is 0.0134. The fraction of sp³-hybridized carbons (Fsp3) is 0.308. The van der Waals surface area contributed by atoms with Gasteiger partial charge >= 0.3 is 0 Å². The third-order valence-electron chi connectivity index (χ3n) is 6.63. The van der Waals surface area contributed by atoms with E-state index in [0.717, 1.165) is 53.3 Å². The molecule has 170 valence electrons. The largest absolute Gasteiger partial charge is 0.497 e. The third-order valence-corrected chi connectivity index (χ3v) is 7.05. The molecule has 1 amide bonds. The summed E-state index contributed by atoms with van der Waals surface area (Å²) in [5.41, 5.74) is 4.62. The second-order valence-corrected chi connectivity index (χ2v) is 9.08. The van der Waals surface area contributed by atoms with Crippen LogP contribution in [0.25, 0.3) is 0 Å². The predicted octanol–water partition coefficient (Wildman–Crippen LogP) is 5.51. The molecule has 2 aromatic carbocycles. The molecule has 7 heteroatoms. The Hall–Kier alpha value is -3.25. The SMILES string of the molecule is COc1cccc(C2CCCN2C(=O)C2=C(C)Nc3ccnn3C2c2ccc(Cl)c(C)c2)c1. The van der Waals surface area contributed by atoms with Crippen LogP contribution in [0.15, 0.2) is 66.0 Å².